The molecule has 0 rings (SSSR count). The Hall–Kier alpha value is -0.810. The molecule has 0 aromatic heterocycles. The molecule has 0 bridgehead atoms. The number of nitrogens with one attached hydrogen (secondary N) is 1. The number of alkyl halides is 2. The van der Waals surface area contributed by atoms with Crippen LogP contribution in [0.15, 0.2) is 0 Å². The monoisotopic (exact) mass is 241 g/mol. The number of carboxylic acid groups (broad SMARTS) is 1. The van der Waals surface area contributed by atoms with Crippen molar-refractivity contribution in [1.82, 2.24) is 5.32 Å². The minimum atomic E-state index is -1.22. The lowest BCUT2D eigenvalue weighted by molar-refractivity contribution is -0.138. The Labute approximate surface area is 90.4 Å². The molecule has 0 atom stereocenters. The van der Waals surface area contributed by atoms with Gasteiger partial charge in [0.05, 0.1) is 13.0 Å². The average Bonchev–Trinajstić information content (AvgIpc) is 2.10. The molecule has 14 heavy (non-hydrogen) atoms. The maximum atomic E-state index is 10.9. The van der Waals surface area contributed by atoms with Crippen LogP contribution in [0.25, 0.3) is 0 Å². The van der Waals surface area contributed by atoms with Gasteiger partial charge in [0, 0.05) is 6.42 Å². The van der Waals surface area contributed by atoms with Crippen LogP contribution in [0, 0.1) is 0 Å². The van der Waals surface area contributed by atoms with E-state index in [-0.39, 0.29) is 25.2 Å². The van der Waals surface area contributed by atoms with E-state index in [4.69, 9.17) is 28.3 Å². The number of hydrogen-bond donors (Lipinski definition) is 2. The van der Waals surface area contributed by atoms with Crippen LogP contribution in [0.4, 0.5) is 0 Å². The predicted octanol–water partition coefficient (Wildman–Crippen LogP) is 0.340. The van der Waals surface area contributed by atoms with Crippen molar-refractivity contribution in [3.05, 3.63) is 0 Å². The Balaban J connectivity index is 3.64. The largest absolute Gasteiger partial charge is 0.481 e. The van der Waals surface area contributed by atoms with E-state index in [2.05, 4.69) is 5.32 Å². The normalized spacial score (nSPS) is 9.93. The molecule has 0 unspecified atom stereocenters. The minimum absolute atomic E-state index is 0.120. The van der Waals surface area contributed by atoms with Gasteiger partial charge in [-0.05, 0) is 0 Å². The first-order valence-electron chi connectivity index (χ1n) is 3.73. The summed E-state index contributed by atoms with van der Waals surface area (Å²) in [6.07, 6.45) is -0.370. The van der Waals surface area contributed by atoms with Crippen LogP contribution >= 0.6 is 23.2 Å². The van der Waals surface area contributed by atoms with Crippen molar-refractivity contribution < 1.29 is 19.5 Å². The van der Waals surface area contributed by atoms with Crippen LogP contribution in [0.1, 0.15) is 12.8 Å². The Bertz CT molecular complexity index is 242. The van der Waals surface area contributed by atoms with Crippen molar-refractivity contribution >= 4 is 40.9 Å². The topological polar surface area (TPSA) is 83.5 Å². The smallest absolute Gasteiger partial charge is 0.303 e. The second kappa shape index (κ2) is 6.62. The van der Waals surface area contributed by atoms with Gasteiger partial charge < -0.3 is 10.4 Å². The summed E-state index contributed by atoms with van der Waals surface area (Å²) in [5.41, 5.74) is 0. The molecular weight excluding hydrogens is 233 g/mol. The second-order valence-electron chi connectivity index (χ2n) is 2.45. The molecular formula is C7H9Cl2NO4. The molecule has 5 nitrogen and oxygen atoms in total. The molecule has 0 fully saturated rings. The highest BCUT2D eigenvalue weighted by atomic mass is 35.5. The van der Waals surface area contributed by atoms with E-state index in [1.165, 1.54) is 0 Å². The predicted molar refractivity (Wildman–Crippen MR) is 50.4 cm³/mol. The lowest BCUT2D eigenvalue weighted by Gasteiger charge is -2.03. The zero-order chi connectivity index (χ0) is 11.1. The number of carboxylic acids is 1. The summed E-state index contributed by atoms with van der Waals surface area (Å²) in [4.78, 5) is 30.5. The number of Topliss-reactive ketones (excluding diaryl/α,β-unsaturated/α-hetero) is 1. The average molecular weight is 242 g/mol. The molecule has 0 saturated heterocycles. The first-order valence-corrected chi connectivity index (χ1v) is 4.60. The maximum absolute atomic E-state index is 10.9. The third-order valence-electron chi connectivity index (χ3n) is 1.28. The molecule has 1 amide bonds. The first-order chi connectivity index (χ1) is 6.43. The van der Waals surface area contributed by atoms with E-state index in [1.807, 2.05) is 0 Å². The van der Waals surface area contributed by atoms with Crippen LogP contribution in [-0.2, 0) is 14.4 Å². The molecule has 0 aromatic rings. The van der Waals surface area contributed by atoms with Gasteiger partial charge in [-0.1, -0.05) is 23.2 Å². The molecule has 2 N–H and O–H groups in total. The van der Waals surface area contributed by atoms with Gasteiger partial charge in [-0.25, -0.2) is 0 Å². The number of ketones is 1. The fraction of sp³-hybridized carbons (Fsp3) is 0.571. The molecule has 0 aliphatic carbocycles. The lowest BCUT2D eigenvalue weighted by atomic mass is 10.2. The van der Waals surface area contributed by atoms with Gasteiger partial charge in [-0.2, -0.15) is 0 Å². The van der Waals surface area contributed by atoms with Crippen molar-refractivity contribution in [2.75, 3.05) is 6.54 Å². The van der Waals surface area contributed by atoms with Crippen LogP contribution in [0.2, 0.25) is 0 Å². The summed E-state index contributed by atoms with van der Waals surface area (Å²) in [5.74, 6) is -2.11. The Morgan fingerprint density at radius 2 is 1.79 bits per heavy atom. The third kappa shape index (κ3) is 6.68. The molecule has 0 spiro atoms. The standard InChI is InChI=1S/C7H9Cl2NO4/c8-6(9)7(14)10-3-4(11)1-2-5(12)13/h6H,1-3H2,(H,10,14)(H,12,13). The van der Waals surface area contributed by atoms with E-state index in [9.17, 15) is 14.4 Å². The van der Waals surface area contributed by atoms with Crippen molar-refractivity contribution in [1.29, 1.82) is 0 Å². The number of amides is 1. The quantitative estimate of drug-likeness (QED) is 0.658. The van der Waals surface area contributed by atoms with Crippen molar-refractivity contribution in [2.45, 2.75) is 17.7 Å². The van der Waals surface area contributed by atoms with Gasteiger partial charge >= 0.3 is 5.97 Å². The molecule has 7 heteroatoms. The molecule has 0 heterocycles. The summed E-state index contributed by atoms with van der Waals surface area (Å²) in [7, 11) is 0. The van der Waals surface area contributed by atoms with Gasteiger partial charge in [-0.15, -0.1) is 0 Å². The number of carbonyl (C=O) groups is 3. The van der Waals surface area contributed by atoms with Crippen LogP contribution in [-0.4, -0.2) is 34.1 Å². The summed E-state index contributed by atoms with van der Waals surface area (Å²) >= 11 is 10.4. The zero-order valence-electron chi connectivity index (χ0n) is 7.13. The molecule has 0 aliphatic rings. The number of rotatable bonds is 6. The van der Waals surface area contributed by atoms with Gasteiger partial charge in [0.1, 0.15) is 0 Å². The molecule has 0 radical (unpaired) electrons. The van der Waals surface area contributed by atoms with Gasteiger partial charge in [0.25, 0.3) is 5.91 Å². The molecule has 0 saturated carbocycles. The van der Waals surface area contributed by atoms with E-state index in [1.54, 1.807) is 0 Å². The van der Waals surface area contributed by atoms with Gasteiger partial charge in [0.2, 0.25) is 0 Å². The van der Waals surface area contributed by atoms with E-state index >= 15 is 0 Å². The van der Waals surface area contributed by atoms with Gasteiger partial charge in [-0.3, -0.25) is 14.4 Å². The Morgan fingerprint density at radius 1 is 1.21 bits per heavy atom. The van der Waals surface area contributed by atoms with Crippen molar-refractivity contribution in [3.8, 4) is 0 Å². The highest BCUT2D eigenvalue weighted by Gasteiger charge is 2.12. The Morgan fingerprint density at radius 3 is 2.21 bits per heavy atom. The van der Waals surface area contributed by atoms with E-state index < -0.39 is 16.7 Å². The second-order valence-corrected chi connectivity index (χ2v) is 3.55. The molecule has 0 aromatic carbocycles. The third-order valence-corrected chi connectivity index (χ3v) is 1.67. The van der Waals surface area contributed by atoms with Crippen molar-refractivity contribution in [3.63, 3.8) is 0 Å². The van der Waals surface area contributed by atoms with E-state index in [0.717, 1.165) is 0 Å². The van der Waals surface area contributed by atoms with E-state index in [0.29, 0.717) is 0 Å². The van der Waals surface area contributed by atoms with Crippen LogP contribution < -0.4 is 5.32 Å². The highest BCUT2D eigenvalue weighted by molar-refractivity contribution is 6.53. The van der Waals surface area contributed by atoms with Crippen LogP contribution in [0.5, 0.6) is 0 Å². The fourth-order valence-electron chi connectivity index (χ4n) is 0.598. The van der Waals surface area contributed by atoms with Gasteiger partial charge in [0.15, 0.2) is 10.6 Å². The Kier molecular flexibility index (Phi) is 6.23. The summed E-state index contributed by atoms with van der Waals surface area (Å²) < 4.78 is 0. The fourth-order valence-corrected chi connectivity index (χ4v) is 0.752. The van der Waals surface area contributed by atoms with Crippen molar-refractivity contribution in [2.24, 2.45) is 0 Å². The zero-order valence-corrected chi connectivity index (χ0v) is 8.64. The summed E-state index contributed by atoms with van der Waals surface area (Å²) in [6.45, 7) is -0.248. The minimum Gasteiger partial charge on any atom is -0.481 e. The molecule has 80 valence electrons. The summed E-state index contributed by atoms with van der Waals surface area (Å²) in [5, 5.41) is 10.4. The number of halogens is 2. The lowest BCUT2D eigenvalue weighted by Crippen LogP contribution is -2.33. The number of hydrogen-bond acceptors (Lipinski definition) is 3. The maximum Gasteiger partial charge on any atom is 0.303 e. The first kappa shape index (κ1) is 13.2. The molecule has 0 aliphatic heterocycles. The highest BCUT2D eigenvalue weighted by Crippen LogP contribution is 2.00. The summed E-state index contributed by atoms with van der Waals surface area (Å²) in [6, 6.07) is 0. The SMILES string of the molecule is O=C(O)CCC(=O)CNC(=O)C(Cl)Cl. The van der Waals surface area contributed by atoms with Crippen LogP contribution in [0.3, 0.4) is 0 Å². The number of carbonyl (C=O) groups excluding carboxylic acids is 2. The number of aliphatic carboxylic acids is 1.